The second kappa shape index (κ2) is 8.62. The van der Waals surface area contributed by atoms with E-state index in [4.69, 9.17) is 0 Å². The number of nitrogens with zero attached hydrogens (tertiary/aromatic N) is 2. The molecule has 0 spiro atoms. The summed E-state index contributed by atoms with van der Waals surface area (Å²) in [6.07, 6.45) is 1.98. The highest BCUT2D eigenvalue weighted by Gasteiger charge is 2.28. The molecule has 1 N–H and O–H groups in total. The van der Waals surface area contributed by atoms with Crippen LogP contribution in [0.5, 0.6) is 0 Å². The van der Waals surface area contributed by atoms with Gasteiger partial charge in [0.25, 0.3) is 5.24 Å². The lowest BCUT2D eigenvalue weighted by molar-refractivity contribution is -0.116. The van der Waals surface area contributed by atoms with Gasteiger partial charge in [-0.2, -0.15) is 4.31 Å². The quantitative estimate of drug-likeness (QED) is 0.778. The minimum atomic E-state index is -3.48. The van der Waals surface area contributed by atoms with Crippen molar-refractivity contribution in [3.8, 4) is 0 Å². The number of hydrogen-bond donors (Lipinski definition) is 1. The first-order valence-electron chi connectivity index (χ1n) is 9.18. The number of nitrogens with one attached hydrogen (secondary N) is 1. The van der Waals surface area contributed by atoms with E-state index in [9.17, 15) is 18.0 Å². The molecule has 0 aromatic heterocycles. The Labute approximate surface area is 164 Å². The van der Waals surface area contributed by atoms with Gasteiger partial charge in [-0.15, -0.1) is 0 Å². The Bertz CT molecular complexity index is 787. The third-order valence-corrected chi connectivity index (χ3v) is 7.78. The number of rotatable bonds is 6. The number of hydrogen-bond acceptors (Lipinski definition) is 5. The first kappa shape index (κ1) is 20.2. The van der Waals surface area contributed by atoms with Crippen molar-refractivity contribution in [1.29, 1.82) is 0 Å². The molecule has 9 heteroatoms. The van der Waals surface area contributed by atoms with Crippen molar-refractivity contribution in [3.05, 3.63) is 24.3 Å². The van der Waals surface area contributed by atoms with Crippen molar-refractivity contribution in [1.82, 2.24) is 9.21 Å². The molecule has 3 rings (SSSR count). The zero-order valence-electron chi connectivity index (χ0n) is 15.4. The van der Waals surface area contributed by atoms with E-state index in [1.165, 1.54) is 28.2 Å². The van der Waals surface area contributed by atoms with Crippen LogP contribution in [-0.4, -0.2) is 60.7 Å². The van der Waals surface area contributed by atoms with E-state index in [1.54, 1.807) is 17.0 Å². The second-order valence-corrected chi connectivity index (χ2v) is 9.99. The largest absolute Gasteiger partial charge is 0.332 e. The molecule has 0 bridgehead atoms. The Morgan fingerprint density at radius 2 is 1.85 bits per heavy atom. The van der Waals surface area contributed by atoms with E-state index < -0.39 is 10.0 Å². The van der Waals surface area contributed by atoms with Crippen molar-refractivity contribution >= 4 is 38.6 Å². The summed E-state index contributed by atoms with van der Waals surface area (Å²) in [6, 6.07) is 6.27. The average Bonchev–Trinajstić information content (AvgIpc) is 3.06. The van der Waals surface area contributed by atoms with Crippen molar-refractivity contribution in [2.45, 2.75) is 31.1 Å². The van der Waals surface area contributed by atoms with Crippen LogP contribution in [0.15, 0.2) is 29.2 Å². The molecule has 0 radical (unpaired) electrons. The SMILES string of the molecule is CC1CCN(S(=O)(=O)c2ccc(NC(=O)CCN3CCSC3=O)cc2)CC1. The molecule has 2 amide bonds. The van der Waals surface area contributed by atoms with Gasteiger partial charge in [0.15, 0.2) is 0 Å². The number of benzene rings is 1. The van der Waals surface area contributed by atoms with Crippen LogP contribution in [-0.2, 0) is 14.8 Å². The van der Waals surface area contributed by atoms with Gasteiger partial charge >= 0.3 is 0 Å². The number of carbonyl (C=O) groups is 2. The molecule has 0 unspecified atom stereocenters. The van der Waals surface area contributed by atoms with Crippen molar-refractivity contribution in [3.63, 3.8) is 0 Å². The summed E-state index contributed by atoms with van der Waals surface area (Å²) in [4.78, 5) is 25.5. The normalized spacial score (nSPS) is 19.4. The fraction of sp³-hybridized carbons (Fsp3) is 0.556. The number of carbonyl (C=O) groups excluding carboxylic acids is 2. The third kappa shape index (κ3) is 5.03. The Hall–Kier alpha value is -1.58. The molecule has 0 saturated carbocycles. The number of piperidine rings is 1. The highest BCUT2D eigenvalue weighted by molar-refractivity contribution is 8.13. The van der Waals surface area contributed by atoms with Crippen LogP contribution in [0.25, 0.3) is 0 Å². The maximum atomic E-state index is 12.7. The lowest BCUT2D eigenvalue weighted by Gasteiger charge is -2.29. The molecule has 2 saturated heterocycles. The average molecular weight is 412 g/mol. The topological polar surface area (TPSA) is 86.8 Å². The van der Waals surface area contributed by atoms with E-state index in [0.29, 0.717) is 37.8 Å². The standard InChI is InChI=1S/C18H25N3O4S2/c1-14-6-10-21(11-7-14)27(24,25)16-4-2-15(3-5-16)19-17(22)8-9-20-12-13-26-18(20)23/h2-5,14H,6-13H2,1H3,(H,19,22). The Morgan fingerprint density at radius 1 is 1.19 bits per heavy atom. The fourth-order valence-corrected chi connectivity index (χ4v) is 5.49. The Balaban J connectivity index is 1.55. The minimum Gasteiger partial charge on any atom is -0.332 e. The van der Waals surface area contributed by atoms with Crippen molar-refractivity contribution in [2.24, 2.45) is 5.92 Å². The summed E-state index contributed by atoms with van der Waals surface area (Å²) in [7, 11) is -3.48. The zero-order valence-corrected chi connectivity index (χ0v) is 17.0. The zero-order chi connectivity index (χ0) is 19.4. The van der Waals surface area contributed by atoms with Gasteiger partial charge in [-0.05, 0) is 43.0 Å². The molecule has 2 aliphatic heterocycles. The molecule has 148 valence electrons. The van der Waals surface area contributed by atoms with Gasteiger partial charge in [-0.3, -0.25) is 9.59 Å². The summed E-state index contributed by atoms with van der Waals surface area (Å²) >= 11 is 1.27. The molecule has 0 atom stereocenters. The highest BCUT2D eigenvalue weighted by Crippen LogP contribution is 2.24. The van der Waals surface area contributed by atoms with Crippen LogP contribution >= 0.6 is 11.8 Å². The molecule has 7 nitrogen and oxygen atoms in total. The van der Waals surface area contributed by atoms with E-state index in [1.807, 2.05) is 0 Å². The van der Waals surface area contributed by atoms with Gasteiger partial charge in [0.05, 0.1) is 4.90 Å². The first-order chi connectivity index (χ1) is 12.9. The maximum absolute atomic E-state index is 12.7. The van der Waals surface area contributed by atoms with Crippen LogP contribution in [0.3, 0.4) is 0 Å². The molecule has 2 heterocycles. The van der Waals surface area contributed by atoms with Gasteiger partial charge in [0, 0.05) is 44.0 Å². The molecule has 0 aliphatic carbocycles. The molecule has 27 heavy (non-hydrogen) atoms. The smallest absolute Gasteiger partial charge is 0.281 e. The number of thioether (sulfide) groups is 1. The summed E-state index contributed by atoms with van der Waals surface area (Å²) < 4.78 is 26.9. The third-order valence-electron chi connectivity index (χ3n) is 4.97. The van der Waals surface area contributed by atoms with Crippen molar-refractivity contribution < 1.29 is 18.0 Å². The van der Waals surface area contributed by atoms with Crippen LogP contribution in [0.4, 0.5) is 10.5 Å². The highest BCUT2D eigenvalue weighted by atomic mass is 32.2. The molecular weight excluding hydrogens is 386 g/mol. The summed E-state index contributed by atoms with van der Waals surface area (Å²) in [5.41, 5.74) is 0.549. The predicted molar refractivity (Wildman–Crippen MR) is 106 cm³/mol. The van der Waals surface area contributed by atoms with Gasteiger partial charge in [0.2, 0.25) is 15.9 Å². The second-order valence-electron chi connectivity index (χ2n) is 7.01. The number of sulfonamides is 1. The lowest BCUT2D eigenvalue weighted by Crippen LogP contribution is -2.37. The summed E-state index contributed by atoms with van der Waals surface area (Å²) in [5.74, 6) is 1.13. The molecule has 2 fully saturated rings. The van der Waals surface area contributed by atoms with E-state index in [-0.39, 0.29) is 22.5 Å². The molecular formula is C18H25N3O4S2. The van der Waals surface area contributed by atoms with Gasteiger partial charge in [-0.25, -0.2) is 8.42 Å². The lowest BCUT2D eigenvalue weighted by atomic mass is 10.0. The molecule has 1 aromatic rings. The van der Waals surface area contributed by atoms with Crippen LogP contribution in [0, 0.1) is 5.92 Å². The predicted octanol–water partition coefficient (Wildman–Crippen LogP) is 2.60. The Morgan fingerprint density at radius 3 is 2.44 bits per heavy atom. The fourth-order valence-electron chi connectivity index (χ4n) is 3.17. The first-order valence-corrected chi connectivity index (χ1v) is 11.6. The maximum Gasteiger partial charge on any atom is 0.281 e. The van der Waals surface area contributed by atoms with Gasteiger partial charge < -0.3 is 10.2 Å². The van der Waals surface area contributed by atoms with E-state index in [0.717, 1.165) is 18.6 Å². The van der Waals surface area contributed by atoms with E-state index in [2.05, 4.69) is 12.2 Å². The van der Waals surface area contributed by atoms with Crippen LogP contribution in [0.2, 0.25) is 0 Å². The summed E-state index contributed by atoms with van der Waals surface area (Å²) in [6.45, 7) is 4.32. The van der Waals surface area contributed by atoms with Gasteiger partial charge in [0.1, 0.15) is 0 Å². The van der Waals surface area contributed by atoms with Crippen LogP contribution in [0.1, 0.15) is 26.2 Å². The Kier molecular flexibility index (Phi) is 6.44. The number of amides is 2. The number of anilines is 1. The van der Waals surface area contributed by atoms with Crippen molar-refractivity contribution in [2.75, 3.05) is 37.2 Å². The van der Waals surface area contributed by atoms with Gasteiger partial charge in [-0.1, -0.05) is 18.7 Å². The summed E-state index contributed by atoms with van der Waals surface area (Å²) in [5, 5.41) is 2.77. The minimum absolute atomic E-state index is 0.0180. The van der Waals surface area contributed by atoms with Crippen LogP contribution < -0.4 is 5.32 Å². The van der Waals surface area contributed by atoms with E-state index >= 15 is 0 Å². The monoisotopic (exact) mass is 411 g/mol. The molecule has 2 aliphatic rings. The molecule has 1 aromatic carbocycles.